The van der Waals surface area contributed by atoms with Crippen LogP contribution in [0.4, 0.5) is 34.1 Å². The zero-order chi connectivity index (χ0) is 34.4. The Labute approximate surface area is 295 Å². The first-order valence-electron chi connectivity index (χ1n) is 16.2. The van der Waals surface area contributed by atoms with Crippen LogP contribution in [0.5, 0.6) is 0 Å². The third-order valence-electron chi connectivity index (χ3n) is 6.88. The Balaban J connectivity index is 0.929. The van der Waals surface area contributed by atoms with Gasteiger partial charge < -0.3 is 21.3 Å². The first kappa shape index (κ1) is 37.0. The summed E-state index contributed by atoms with van der Waals surface area (Å²) in [6, 6.07) is 23.1. The van der Waals surface area contributed by atoms with E-state index in [-0.39, 0.29) is 11.8 Å². The Kier molecular flexibility index (Phi) is 16.6. The number of rotatable bonds is 21. The normalized spacial score (nSPS) is 11.1. The molecule has 0 atom stereocenters. The molecular formula is C35H44N10O2S2+2. The van der Waals surface area contributed by atoms with Crippen LogP contribution in [0, 0.1) is 0 Å². The van der Waals surface area contributed by atoms with Crippen LogP contribution < -0.4 is 30.8 Å². The van der Waals surface area contributed by atoms with Gasteiger partial charge in [-0.15, -0.1) is 0 Å². The summed E-state index contributed by atoms with van der Waals surface area (Å²) < 4.78 is 1.95. The number of carbonyl (C=O) groups excluding carboxylic acids is 2. The molecule has 2 heterocycles. The maximum absolute atomic E-state index is 12.1. The van der Waals surface area contributed by atoms with Crippen LogP contribution in [0.25, 0.3) is 0 Å². The monoisotopic (exact) mass is 700 g/mol. The van der Waals surface area contributed by atoms with E-state index in [4.69, 9.17) is 0 Å². The molecule has 0 unspecified atom stereocenters. The van der Waals surface area contributed by atoms with Gasteiger partial charge in [-0.2, -0.15) is 20.5 Å². The molecule has 2 aromatic heterocycles. The van der Waals surface area contributed by atoms with Gasteiger partial charge in [0.15, 0.2) is 24.8 Å². The van der Waals surface area contributed by atoms with E-state index in [2.05, 4.69) is 46.7 Å². The number of anilines is 2. The van der Waals surface area contributed by atoms with E-state index in [0.29, 0.717) is 37.4 Å². The van der Waals surface area contributed by atoms with Crippen molar-refractivity contribution in [1.82, 2.24) is 10.6 Å². The van der Waals surface area contributed by atoms with Crippen molar-refractivity contribution in [2.45, 2.75) is 25.7 Å². The standard InChI is InChI=1S/C35H42N10O2S2/c1-45-24-14-33(15-25-45)44-42-31-10-6-29(7-11-31)38-19-3-21-40-35(47)17-27-49-48-26-16-34(46)39-20-2-18-37-28-4-8-30(9-5-28)41-43-32-12-22-36-23-13-32/h4-15,22-25H,2-3,16-21,26-27H2,1H3,(H3,36,37,39,40,43,46,47)/p+2. The van der Waals surface area contributed by atoms with E-state index < -0.39 is 0 Å². The number of carbonyl (C=O) groups is 2. The number of hydrogen-bond donors (Lipinski definition) is 4. The van der Waals surface area contributed by atoms with Gasteiger partial charge in [-0.25, -0.2) is 9.55 Å². The Bertz CT molecular complexity index is 1600. The molecule has 12 nitrogen and oxygen atoms in total. The van der Waals surface area contributed by atoms with Crippen molar-refractivity contribution < 1.29 is 19.1 Å². The lowest BCUT2D eigenvalue weighted by molar-refractivity contribution is -0.671. The van der Waals surface area contributed by atoms with Crippen LogP contribution in [0.2, 0.25) is 0 Å². The Hall–Kier alpha value is -4.82. The first-order valence-corrected chi connectivity index (χ1v) is 18.7. The average molecular weight is 701 g/mol. The lowest BCUT2D eigenvalue weighted by Crippen LogP contribution is -2.26. The third kappa shape index (κ3) is 15.8. The molecule has 0 spiro atoms. The van der Waals surface area contributed by atoms with E-state index in [1.54, 1.807) is 34.0 Å². The average Bonchev–Trinajstić information content (AvgIpc) is 3.13. The first-order chi connectivity index (χ1) is 24.0. The maximum Gasteiger partial charge on any atom is 0.220 e. The summed E-state index contributed by atoms with van der Waals surface area (Å²) >= 11 is 0. The van der Waals surface area contributed by atoms with Gasteiger partial charge in [-0.1, -0.05) is 21.6 Å². The zero-order valence-electron chi connectivity index (χ0n) is 27.7. The predicted octanol–water partition coefficient (Wildman–Crippen LogP) is 6.85. The third-order valence-corrected chi connectivity index (χ3v) is 9.28. The second-order valence-corrected chi connectivity index (χ2v) is 13.6. The van der Waals surface area contributed by atoms with Crippen LogP contribution >= 0.6 is 21.6 Å². The summed E-state index contributed by atoms with van der Waals surface area (Å²) in [5.74, 6) is 1.52. The molecule has 0 aliphatic rings. The number of aromatic amines is 1. The van der Waals surface area contributed by atoms with Crippen molar-refractivity contribution in [3.05, 3.63) is 97.6 Å². The molecule has 14 heteroatoms. The molecule has 4 aromatic rings. The highest BCUT2D eigenvalue weighted by molar-refractivity contribution is 8.76. The van der Waals surface area contributed by atoms with Gasteiger partial charge in [0.25, 0.3) is 0 Å². The molecule has 5 N–H and O–H groups in total. The van der Waals surface area contributed by atoms with Crippen molar-refractivity contribution in [2.24, 2.45) is 27.5 Å². The number of nitrogens with one attached hydrogen (secondary N) is 5. The fraction of sp³-hybridized carbons (Fsp3) is 0.314. The van der Waals surface area contributed by atoms with Crippen LogP contribution in [-0.4, -0.2) is 49.5 Å². The fourth-order valence-electron chi connectivity index (χ4n) is 4.19. The van der Waals surface area contributed by atoms with Crippen LogP contribution in [-0.2, 0) is 16.6 Å². The molecule has 0 saturated heterocycles. The Morgan fingerprint density at radius 1 is 0.592 bits per heavy atom. The second kappa shape index (κ2) is 21.9. The molecular weight excluding hydrogens is 657 g/mol. The molecule has 0 bridgehead atoms. The number of H-pyrrole nitrogens is 1. The Morgan fingerprint density at radius 2 is 1.00 bits per heavy atom. The smallest absolute Gasteiger partial charge is 0.220 e. The fourth-order valence-corrected chi connectivity index (χ4v) is 6.17. The lowest BCUT2D eigenvalue weighted by atomic mass is 10.3. The number of hydrogen-bond acceptors (Lipinski definition) is 10. The van der Waals surface area contributed by atoms with Gasteiger partial charge in [-0.05, 0) is 61.4 Å². The van der Waals surface area contributed by atoms with Crippen molar-refractivity contribution in [2.75, 3.05) is 48.3 Å². The molecule has 256 valence electrons. The van der Waals surface area contributed by atoms with Crippen molar-refractivity contribution >= 4 is 67.5 Å². The molecule has 2 amide bonds. The maximum atomic E-state index is 12.1. The lowest BCUT2D eigenvalue weighted by Gasteiger charge is -2.08. The topological polar surface area (TPSA) is 150 Å². The Morgan fingerprint density at radius 3 is 1.45 bits per heavy atom. The summed E-state index contributed by atoms with van der Waals surface area (Å²) in [5, 5.41) is 29.6. The minimum Gasteiger partial charge on any atom is -0.385 e. The van der Waals surface area contributed by atoms with Gasteiger partial charge in [0.2, 0.25) is 11.8 Å². The number of amides is 2. The number of aryl methyl sites for hydroxylation is 1. The van der Waals surface area contributed by atoms with Gasteiger partial charge in [0.05, 0.1) is 22.7 Å². The zero-order valence-corrected chi connectivity index (χ0v) is 29.3. The molecule has 0 radical (unpaired) electrons. The van der Waals surface area contributed by atoms with E-state index >= 15 is 0 Å². The van der Waals surface area contributed by atoms with E-state index in [9.17, 15) is 9.59 Å². The van der Waals surface area contributed by atoms with Gasteiger partial charge in [0.1, 0.15) is 7.05 Å². The summed E-state index contributed by atoms with van der Waals surface area (Å²) in [6.45, 7) is 2.74. The number of nitrogens with zero attached hydrogens (tertiary/aromatic N) is 5. The minimum atomic E-state index is 0.0457. The summed E-state index contributed by atoms with van der Waals surface area (Å²) in [4.78, 5) is 27.2. The number of benzene rings is 2. The summed E-state index contributed by atoms with van der Waals surface area (Å²) in [7, 11) is 5.21. The highest BCUT2D eigenvalue weighted by Crippen LogP contribution is 2.23. The van der Waals surface area contributed by atoms with Crippen LogP contribution in [0.15, 0.2) is 118 Å². The molecule has 0 aliphatic heterocycles. The van der Waals surface area contributed by atoms with Gasteiger partial charge in [0, 0.05) is 86.2 Å². The molecule has 49 heavy (non-hydrogen) atoms. The van der Waals surface area contributed by atoms with Crippen molar-refractivity contribution in [1.29, 1.82) is 0 Å². The number of pyridine rings is 2. The quantitative estimate of drug-likeness (QED) is 0.0323. The van der Waals surface area contributed by atoms with Gasteiger partial charge in [-0.3, -0.25) is 9.59 Å². The van der Waals surface area contributed by atoms with Crippen molar-refractivity contribution in [3.63, 3.8) is 0 Å². The molecule has 2 aromatic carbocycles. The SMILES string of the molecule is C[n+]1ccc(N=Nc2ccc(NCCCNC(=O)CCSSCCC(=O)NCCCNc3ccc(N=Nc4cc[nH+]cc4)cc3)cc2)cc1. The molecule has 0 saturated carbocycles. The molecule has 4 rings (SSSR count). The number of azo groups is 2. The second-order valence-electron chi connectivity index (χ2n) is 10.9. The highest BCUT2D eigenvalue weighted by atomic mass is 33.1. The highest BCUT2D eigenvalue weighted by Gasteiger charge is 2.04. The van der Waals surface area contributed by atoms with Gasteiger partial charge >= 0.3 is 0 Å². The minimum absolute atomic E-state index is 0.0457. The predicted molar refractivity (Wildman–Crippen MR) is 198 cm³/mol. The molecule has 0 aliphatic carbocycles. The van der Waals surface area contributed by atoms with E-state index in [1.807, 2.05) is 96.8 Å². The number of aromatic nitrogens is 2. The largest absolute Gasteiger partial charge is 0.385 e. The van der Waals surface area contributed by atoms with E-state index in [1.165, 1.54) is 0 Å². The van der Waals surface area contributed by atoms with Crippen LogP contribution in [0.1, 0.15) is 25.7 Å². The van der Waals surface area contributed by atoms with Crippen LogP contribution in [0.3, 0.4) is 0 Å². The summed E-state index contributed by atoms with van der Waals surface area (Å²) in [6.07, 6.45) is 10.0. The molecule has 0 fully saturated rings. The summed E-state index contributed by atoms with van der Waals surface area (Å²) in [5.41, 5.74) is 5.15. The van der Waals surface area contributed by atoms with E-state index in [0.717, 1.165) is 60.1 Å². The van der Waals surface area contributed by atoms with Crippen molar-refractivity contribution in [3.8, 4) is 0 Å².